The molecule has 2 aromatic rings. The molecule has 1 saturated heterocycles. The molecule has 6 heteroatoms. The van der Waals surface area contributed by atoms with E-state index in [4.69, 9.17) is 0 Å². The average molecular weight is 408 g/mol. The van der Waals surface area contributed by atoms with Crippen LogP contribution in [0, 0.1) is 26.7 Å². The zero-order chi connectivity index (χ0) is 21.7. The number of piperidine rings is 1. The summed E-state index contributed by atoms with van der Waals surface area (Å²) in [7, 11) is 0. The molecule has 3 amide bonds. The van der Waals surface area contributed by atoms with Gasteiger partial charge in [-0.2, -0.15) is 0 Å². The van der Waals surface area contributed by atoms with Gasteiger partial charge in [-0.05, 0) is 56.4 Å². The highest BCUT2D eigenvalue weighted by molar-refractivity contribution is 5.97. The molecule has 2 aromatic carbocycles. The van der Waals surface area contributed by atoms with E-state index in [2.05, 4.69) is 10.6 Å². The Kier molecular flexibility index (Phi) is 6.87. The second-order valence-corrected chi connectivity index (χ2v) is 7.91. The number of hydrogen-bond acceptors (Lipinski definition) is 3. The SMILES string of the molecule is Cc1ccccc1C(=O)N1CCC(C(=O)NCC(=O)Nc2c(C)cccc2C)CC1. The van der Waals surface area contributed by atoms with Crippen LogP contribution >= 0.6 is 0 Å². The third-order valence-corrected chi connectivity index (χ3v) is 5.70. The maximum absolute atomic E-state index is 12.7. The normalized spacial score (nSPS) is 14.3. The van der Waals surface area contributed by atoms with Crippen molar-refractivity contribution in [3.63, 3.8) is 0 Å². The number of carbonyl (C=O) groups excluding carboxylic acids is 3. The van der Waals surface area contributed by atoms with E-state index in [-0.39, 0.29) is 30.2 Å². The van der Waals surface area contributed by atoms with Gasteiger partial charge in [0.15, 0.2) is 0 Å². The van der Waals surface area contributed by atoms with Crippen molar-refractivity contribution in [1.29, 1.82) is 0 Å². The highest BCUT2D eigenvalue weighted by Gasteiger charge is 2.28. The molecule has 1 heterocycles. The first kappa shape index (κ1) is 21.6. The Morgan fingerprint density at radius 3 is 2.13 bits per heavy atom. The molecule has 0 aliphatic carbocycles. The zero-order valence-corrected chi connectivity index (χ0v) is 17.8. The van der Waals surface area contributed by atoms with Gasteiger partial charge in [-0.25, -0.2) is 0 Å². The highest BCUT2D eigenvalue weighted by atomic mass is 16.2. The Hall–Kier alpha value is -3.15. The lowest BCUT2D eigenvalue weighted by molar-refractivity contribution is -0.128. The molecular formula is C24H29N3O3. The van der Waals surface area contributed by atoms with Crippen molar-refractivity contribution < 1.29 is 14.4 Å². The maximum Gasteiger partial charge on any atom is 0.254 e. The number of anilines is 1. The van der Waals surface area contributed by atoms with Gasteiger partial charge < -0.3 is 15.5 Å². The van der Waals surface area contributed by atoms with Crippen molar-refractivity contribution in [3.05, 3.63) is 64.7 Å². The quantitative estimate of drug-likeness (QED) is 0.799. The molecule has 1 aliphatic rings. The van der Waals surface area contributed by atoms with Crippen LogP contribution in [0.2, 0.25) is 0 Å². The lowest BCUT2D eigenvalue weighted by Gasteiger charge is -2.31. The molecule has 0 unspecified atom stereocenters. The number of rotatable bonds is 5. The number of likely N-dealkylation sites (tertiary alicyclic amines) is 1. The smallest absolute Gasteiger partial charge is 0.254 e. The van der Waals surface area contributed by atoms with E-state index < -0.39 is 0 Å². The van der Waals surface area contributed by atoms with Gasteiger partial charge in [-0.15, -0.1) is 0 Å². The summed E-state index contributed by atoms with van der Waals surface area (Å²) in [5.41, 5.74) is 4.43. The largest absolute Gasteiger partial charge is 0.347 e. The summed E-state index contributed by atoms with van der Waals surface area (Å²) < 4.78 is 0. The number of nitrogens with one attached hydrogen (secondary N) is 2. The first-order valence-electron chi connectivity index (χ1n) is 10.4. The van der Waals surface area contributed by atoms with Crippen LogP contribution in [0.4, 0.5) is 5.69 Å². The van der Waals surface area contributed by atoms with Crippen molar-refractivity contribution in [1.82, 2.24) is 10.2 Å². The van der Waals surface area contributed by atoms with Crippen molar-refractivity contribution >= 4 is 23.4 Å². The number of benzene rings is 2. The average Bonchev–Trinajstić information content (AvgIpc) is 2.75. The molecule has 6 nitrogen and oxygen atoms in total. The minimum Gasteiger partial charge on any atom is -0.347 e. The standard InChI is InChI=1S/C24H29N3O3/c1-16-7-4-5-10-20(16)24(30)27-13-11-19(12-14-27)23(29)25-15-21(28)26-22-17(2)8-6-9-18(22)3/h4-10,19H,11-15H2,1-3H3,(H,25,29)(H,26,28). The Morgan fingerprint density at radius 2 is 1.50 bits per heavy atom. The molecule has 0 bridgehead atoms. The van der Waals surface area contributed by atoms with Crippen molar-refractivity contribution in [2.75, 3.05) is 25.0 Å². The molecule has 0 saturated carbocycles. The minimum atomic E-state index is -0.243. The molecule has 0 spiro atoms. The number of amides is 3. The van der Waals surface area contributed by atoms with Gasteiger partial charge in [-0.3, -0.25) is 14.4 Å². The number of para-hydroxylation sites is 1. The summed E-state index contributed by atoms with van der Waals surface area (Å²) in [6.07, 6.45) is 1.20. The van der Waals surface area contributed by atoms with Gasteiger partial charge in [-0.1, -0.05) is 36.4 Å². The van der Waals surface area contributed by atoms with Gasteiger partial charge in [0.1, 0.15) is 0 Å². The van der Waals surface area contributed by atoms with Crippen LogP contribution in [0.15, 0.2) is 42.5 Å². The first-order valence-corrected chi connectivity index (χ1v) is 10.4. The van der Waals surface area contributed by atoms with Crippen LogP contribution in [0.5, 0.6) is 0 Å². The second-order valence-electron chi connectivity index (χ2n) is 7.91. The van der Waals surface area contributed by atoms with Crippen molar-refractivity contribution in [2.24, 2.45) is 5.92 Å². The van der Waals surface area contributed by atoms with E-state index >= 15 is 0 Å². The number of carbonyl (C=O) groups is 3. The van der Waals surface area contributed by atoms with E-state index in [9.17, 15) is 14.4 Å². The molecular weight excluding hydrogens is 378 g/mol. The summed E-state index contributed by atoms with van der Waals surface area (Å²) in [5, 5.41) is 5.62. The van der Waals surface area contributed by atoms with Crippen LogP contribution in [-0.4, -0.2) is 42.3 Å². The van der Waals surface area contributed by atoms with Crippen LogP contribution < -0.4 is 10.6 Å². The van der Waals surface area contributed by atoms with Gasteiger partial charge in [0.2, 0.25) is 11.8 Å². The lowest BCUT2D eigenvalue weighted by atomic mass is 9.95. The Bertz CT molecular complexity index is 926. The van der Waals surface area contributed by atoms with Crippen LogP contribution in [0.1, 0.15) is 39.9 Å². The minimum absolute atomic E-state index is 0.0138. The van der Waals surface area contributed by atoms with E-state index in [1.54, 1.807) is 4.90 Å². The first-order chi connectivity index (χ1) is 14.4. The van der Waals surface area contributed by atoms with Gasteiger partial charge in [0, 0.05) is 30.3 Å². The van der Waals surface area contributed by atoms with Gasteiger partial charge >= 0.3 is 0 Å². The monoisotopic (exact) mass is 407 g/mol. The molecule has 30 heavy (non-hydrogen) atoms. The predicted molar refractivity (Wildman–Crippen MR) is 117 cm³/mol. The summed E-state index contributed by atoms with van der Waals surface area (Å²) in [6, 6.07) is 13.4. The van der Waals surface area contributed by atoms with Crippen LogP contribution in [0.3, 0.4) is 0 Å². The number of hydrogen-bond donors (Lipinski definition) is 2. The number of nitrogens with zero attached hydrogens (tertiary/aromatic N) is 1. The van der Waals surface area contributed by atoms with Crippen molar-refractivity contribution in [2.45, 2.75) is 33.6 Å². The fourth-order valence-electron chi connectivity index (χ4n) is 3.83. The Labute approximate surface area is 177 Å². The maximum atomic E-state index is 12.7. The molecule has 2 N–H and O–H groups in total. The van der Waals surface area contributed by atoms with E-state index in [1.807, 2.05) is 63.2 Å². The van der Waals surface area contributed by atoms with Gasteiger partial charge in [0.25, 0.3) is 5.91 Å². The zero-order valence-electron chi connectivity index (χ0n) is 17.8. The molecule has 1 fully saturated rings. The molecule has 0 aromatic heterocycles. The third-order valence-electron chi connectivity index (χ3n) is 5.70. The third kappa shape index (κ3) is 5.06. The van der Waals surface area contributed by atoms with E-state index in [1.165, 1.54) is 0 Å². The van der Waals surface area contributed by atoms with E-state index in [0.717, 1.165) is 22.4 Å². The fourth-order valence-corrected chi connectivity index (χ4v) is 3.83. The Balaban J connectivity index is 1.47. The fraction of sp³-hybridized carbons (Fsp3) is 0.375. The van der Waals surface area contributed by atoms with Crippen molar-refractivity contribution in [3.8, 4) is 0 Å². The molecule has 0 radical (unpaired) electrons. The van der Waals surface area contributed by atoms with Crippen LogP contribution in [0.25, 0.3) is 0 Å². The molecule has 158 valence electrons. The molecule has 1 aliphatic heterocycles. The summed E-state index contributed by atoms with van der Waals surface area (Å²) in [5.74, 6) is -0.540. The lowest BCUT2D eigenvalue weighted by Crippen LogP contribution is -2.44. The summed E-state index contributed by atoms with van der Waals surface area (Å²) in [4.78, 5) is 39.3. The van der Waals surface area contributed by atoms with E-state index in [0.29, 0.717) is 31.5 Å². The van der Waals surface area contributed by atoms with Gasteiger partial charge in [0.05, 0.1) is 6.54 Å². The highest BCUT2D eigenvalue weighted by Crippen LogP contribution is 2.21. The molecule has 3 rings (SSSR count). The second kappa shape index (κ2) is 9.57. The Morgan fingerprint density at radius 1 is 0.900 bits per heavy atom. The van der Waals surface area contributed by atoms with Crippen LogP contribution in [-0.2, 0) is 9.59 Å². The topological polar surface area (TPSA) is 78.5 Å². The summed E-state index contributed by atoms with van der Waals surface area (Å²) in [6.45, 7) is 6.83. The predicted octanol–water partition coefficient (Wildman–Crippen LogP) is 3.22. The number of aryl methyl sites for hydroxylation is 3. The molecule has 0 atom stereocenters. The summed E-state index contributed by atoms with van der Waals surface area (Å²) >= 11 is 0.